The molecule has 0 aliphatic rings. The van der Waals surface area contributed by atoms with Crippen LogP contribution in [0.5, 0.6) is 17.2 Å². The Balaban J connectivity index is 1.49. The van der Waals surface area contributed by atoms with Crippen molar-refractivity contribution in [2.75, 3.05) is 0 Å². The van der Waals surface area contributed by atoms with Crippen LogP contribution in [0.15, 0.2) is 97.6 Å². The SMILES string of the molecule is C=CC(=O)Oc1ccc2cc(OC(=O)c3ccc(OCc4ccccc4)cc3CCC)ccc2c1. The number of hydrogen-bond donors (Lipinski definition) is 0. The van der Waals surface area contributed by atoms with Crippen LogP contribution in [0.25, 0.3) is 10.8 Å². The van der Waals surface area contributed by atoms with Crippen molar-refractivity contribution < 1.29 is 23.8 Å². The first kappa shape index (κ1) is 23.8. The van der Waals surface area contributed by atoms with Crippen LogP contribution < -0.4 is 14.2 Å². The predicted octanol–water partition coefficient (Wildman–Crippen LogP) is 6.68. The molecule has 0 fully saturated rings. The third-order valence-electron chi connectivity index (χ3n) is 5.44. The molecule has 4 rings (SSSR count). The Morgan fingerprint density at radius 3 is 2.11 bits per heavy atom. The van der Waals surface area contributed by atoms with Gasteiger partial charge in [-0.1, -0.05) is 62.4 Å². The average molecular weight is 467 g/mol. The fraction of sp³-hybridized carbons (Fsp3) is 0.133. The summed E-state index contributed by atoms with van der Waals surface area (Å²) in [5.74, 6) is 0.636. The minimum atomic E-state index is -0.519. The summed E-state index contributed by atoms with van der Waals surface area (Å²) in [5.41, 5.74) is 2.48. The van der Waals surface area contributed by atoms with Crippen molar-refractivity contribution in [1.82, 2.24) is 0 Å². The van der Waals surface area contributed by atoms with E-state index in [0.29, 0.717) is 29.4 Å². The van der Waals surface area contributed by atoms with Gasteiger partial charge in [-0.25, -0.2) is 9.59 Å². The van der Waals surface area contributed by atoms with Gasteiger partial charge in [0.1, 0.15) is 23.9 Å². The molecular weight excluding hydrogens is 440 g/mol. The van der Waals surface area contributed by atoms with Gasteiger partial charge in [0, 0.05) is 6.08 Å². The molecule has 0 unspecified atom stereocenters. The maximum Gasteiger partial charge on any atom is 0.343 e. The van der Waals surface area contributed by atoms with Gasteiger partial charge < -0.3 is 14.2 Å². The highest BCUT2D eigenvalue weighted by Crippen LogP contribution is 2.27. The van der Waals surface area contributed by atoms with Gasteiger partial charge in [-0.3, -0.25) is 0 Å². The standard InChI is InChI=1S/C30H26O5/c1-3-8-24-19-25(33-20-21-9-6-5-7-10-21)15-16-28(24)30(32)35-27-14-12-22-17-26(34-29(31)4-2)13-11-23(22)18-27/h4-7,9-19H,2-3,8,20H2,1H3. The Hall–Kier alpha value is -4.38. The van der Waals surface area contributed by atoms with Gasteiger partial charge in [-0.15, -0.1) is 0 Å². The van der Waals surface area contributed by atoms with Gasteiger partial charge in [0.2, 0.25) is 0 Å². The maximum absolute atomic E-state index is 13.0. The number of esters is 2. The summed E-state index contributed by atoms with van der Waals surface area (Å²) >= 11 is 0. The lowest BCUT2D eigenvalue weighted by atomic mass is 10.0. The zero-order valence-electron chi connectivity index (χ0n) is 19.5. The van der Waals surface area contributed by atoms with Crippen molar-refractivity contribution in [2.45, 2.75) is 26.4 Å². The Bertz CT molecular complexity index is 1360. The van der Waals surface area contributed by atoms with E-state index in [9.17, 15) is 9.59 Å². The first-order chi connectivity index (χ1) is 17.1. The Kier molecular flexibility index (Phi) is 7.58. The number of hydrogen-bond acceptors (Lipinski definition) is 5. The van der Waals surface area contributed by atoms with Crippen LogP contribution in [-0.4, -0.2) is 11.9 Å². The van der Waals surface area contributed by atoms with Gasteiger partial charge in [-0.05, 0) is 70.8 Å². The number of aryl methyl sites for hydroxylation is 1. The molecule has 0 N–H and O–H groups in total. The second-order valence-corrected chi connectivity index (χ2v) is 8.03. The largest absolute Gasteiger partial charge is 0.489 e. The highest BCUT2D eigenvalue weighted by Gasteiger charge is 2.15. The number of fused-ring (bicyclic) bond motifs is 1. The molecule has 0 aliphatic heterocycles. The minimum absolute atomic E-state index is 0.418. The van der Waals surface area contributed by atoms with Crippen LogP contribution in [-0.2, 0) is 17.8 Å². The van der Waals surface area contributed by atoms with Crippen LogP contribution in [0.4, 0.5) is 0 Å². The predicted molar refractivity (Wildman–Crippen MR) is 136 cm³/mol. The molecule has 0 radical (unpaired) electrons. The molecule has 0 aromatic heterocycles. The summed E-state index contributed by atoms with van der Waals surface area (Å²) in [6, 6.07) is 26.0. The third kappa shape index (κ3) is 6.15. The van der Waals surface area contributed by atoms with Gasteiger partial charge >= 0.3 is 11.9 Å². The molecule has 176 valence electrons. The highest BCUT2D eigenvalue weighted by atomic mass is 16.5. The van der Waals surface area contributed by atoms with E-state index in [2.05, 4.69) is 13.5 Å². The van der Waals surface area contributed by atoms with Gasteiger partial charge in [0.15, 0.2) is 0 Å². The summed E-state index contributed by atoms with van der Waals surface area (Å²) in [6.07, 6.45) is 2.73. The molecule has 0 heterocycles. The molecule has 0 saturated heterocycles. The molecule has 5 heteroatoms. The van der Waals surface area contributed by atoms with Crippen LogP contribution in [0.2, 0.25) is 0 Å². The smallest absolute Gasteiger partial charge is 0.343 e. The summed E-state index contributed by atoms with van der Waals surface area (Å²) in [5, 5.41) is 1.71. The minimum Gasteiger partial charge on any atom is -0.489 e. The van der Waals surface area contributed by atoms with E-state index in [4.69, 9.17) is 14.2 Å². The van der Waals surface area contributed by atoms with Gasteiger partial charge in [-0.2, -0.15) is 0 Å². The quantitative estimate of drug-likeness (QED) is 0.156. The first-order valence-electron chi connectivity index (χ1n) is 11.5. The third-order valence-corrected chi connectivity index (χ3v) is 5.44. The molecule has 0 saturated carbocycles. The molecular formula is C30H26O5. The van der Waals surface area contributed by atoms with Gasteiger partial charge in [0.05, 0.1) is 5.56 Å². The molecule has 0 aliphatic carbocycles. The number of carbonyl (C=O) groups excluding carboxylic acids is 2. The summed E-state index contributed by atoms with van der Waals surface area (Å²) in [7, 11) is 0. The number of benzene rings is 4. The monoisotopic (exact) mass is 466 g/mol. The Morgan fingerprint density at radius 2 is 1.46 bits per heavy atom. The zero-order chi connectivity index (χ0) is 24.6. The fourth-order valence-corrected chi connectivity index (χ4v) is 3.72. The number of ether oxygens (including phenoxy) is 3. The van der Waals surface area contributed by atoms with E-state index in [0.717, 1.165) is 40.8 Å². The maximum atomic E-state index is 13.0. The second-order valence-electron chi connectivity index (χ2n) is 8.03. The van der Waals surface area contributed by atoms with Crippen LogP contribution in [0, 0.1) is 0 Å². The Labute approximate surface area is 204 Å². The van der Waals surface area contributed by atoms with Crippen molar-refractivity contribution in [2.24, 2.45) is 0 Å². The normalized spacial score (nSPS) is 10.5. The van der Waals surface area contributed by atoms with E-state index in [-0.39, 0.29) is 0 Å². The van der Waals surface area contributed by atoms with Crippen molar-refractivity contribution in [3.05, 3.63) is 114 Å². The van der Waals surface area contributed by atoms with E-state index < -0.39 is 11.9 Å². The second kappa shape index (κ2) is 11.2. The molecule has 5 nitrogen and oxygen atoms in total. The van der Waals surface area contributed by atoms with E-state index in [1.54, 1.807) is 42.5 Å². The molecule has 0 spiro atoms. The topological polar surface area (TPSA) is 61.8 Å². The van der Waals surface area contributed by atoms with Crippen molar-refractivity contribution in [1.29, 1.82) is 0 Å². The average Bonchev–Trinajstić information content (AvgIpc) is 2.88. The summed E-state index contributed by atoms with van der Waals surface area (Å²) < 4.78 is 16.8. The van der Waals surface area contributed by atoms with Crippen molar-refractivity contribution in [3.8, 4) is 17.2 Å². The lowest BCUT2D eigenvalue weighted by Gasteiger charge is -2.13. The Morgan fingerprint density at radius 1 is 0.800 bits per heavy atom. The molecule has 35 heavy (non-hydrogen) atoms. The van der Waals surface area contributed by atoms with E-state index >= 15 is 0 Å². The van der Waals surface area contributed by atoms with Crippen molar-refractivity contribution >= 4 is 22.7 Å². The highest BCUT2D eigenvalue weighted by molar-refractivity contribution is 5.94. The molecule has 4 aromatic carbocycles. The molecule has 4 aromatic rings. The lowest BCUT2D eigenvalue weighted by molar-refractivity contribution is -0.128. The zero-order valence-corrected chi connectivity index (χ0v) is 19.5. The fourth-order valence-electron chi connectivity index (χ4n) is 3.72. The van der Waals surface area contributed by atoms with E-state index in [1.807, 2.05) is 42.5 Å². The summed E-state index contributed by atoms with van der Waals surface area (Å²) in [4.78, 5) is 24.4. The first-order valence-corrected chi connectivity index (χ1v) is 11.5. The molecule has 0 atom stereocenters. The summed E-state index contributed by atoms with van der Waals surface area (Å²) in [6.45, 7) is 5.92. The lowest BCUT2D eigenvalue weighted by Crippen LogP contribution is -2.12. The van der Waals surface area contributed by atoms with E-state index in [1.165, 1.54) is 0 Å². The van der Waals surface area contributed by atoms with Gasteiger partial charge in [0.25, 0.3) is 0 Å². The molecule has 0 amide bonds. The van der Waals surface area contributed by atoms with Crippen LogP contribution >= 0.6 is 0 Å². The van der Waals surface area contributed by atoms with Crippen LogP contribution in [0.3, 0.4) is 0 Å². The number of rotatable bonds is 9. The molecule has 0 bridgehead atoms. The van der Waals surface area contributed by atoms with Crippen molar-refractivity contribution in [3.63, 3.8) is 0 Å². The van der Waals surface area contributed by atoms with Crippen LogP contribution in [0.1, 0.15) is 34.8 Å². The number of carbonyl (C=O) groups is 2.